The van der Waals surface area contributed by atoms with Gasteiger partial charge in [-0.15, -0.1) is 0 Å². The molecule has 0 saturated heterocycles. The van der Waals surface area contributed by atoms with Crippen molar-refractivity contribution in [2.75, 3.05) is 26.2 Å². The molecule has 8 nitrogen and oxygen atoms in total. The predicted octanol–water partition coefficient (Wildman–Crippen LogP) is 2.94. The Morgan fingerprint density at radius 2 is 1.46 bits per heavy atom. The molecule has 0 aliphatic rings. The number of hydrogen-bond acceptors (Lipinski definition) is 5. The maximum Gasteiger partial charge on any atom is 0.243 e. The Kier molecular flexibility index (Phi) is 9.61. The van der Waals surface area contributed by atoms with E-state index in [1.807, 2.05) is 50.2 Å². The van der Waals surface area contributed by atoms with E-state index >= 15 is 0 Å². The highest BCUT2D eigenvalue weighted by atomic mass is 32.2. The summed E-state index contributed by atoms with van der Waals surface area (Å²) in [4.78, 5) is 13.0. The van der Waals surface area contributed by atoms with Crippen LogP contribution in [0.4, 0.5) is 0 Å². The summed E-state index contributed by atoms with van der Waals surface area (Å²) in [5, 5.41) is 2.62. The van der Waals surface area contributed by atoms with Gasteiger partial charge in [0.05, 0.1) is 16.3 Å². The number of carbonyl (C=O) groups excluding carboxylic acids is 1. The molecule has 0 unspecified atom stereocenters. The average molecular weight is 544 g/mol. The second-order valence-corrected chi connectivity index (χ2v) is 12.6. The van der Waals surface area contributed by atoms with Crippen molar-refractivity contribution in [1.82, 2.24) is 14.3 Å². The molecule has 2 N–H and O–H groups in total. The number of nitrogens with one attached hydrogen (secondary N) is 2. The van der Waals surface area contributed by atoms with Crippen LogP contribution in [0.5, 0.6) is 0 Å². The van der Waals surface area contributed by atoms with Gasteiger partial charge in [-0.3, -0.25) is 4.79 Å². The highest BCUT2D eigenvalue weighted by Gasteiger charge is 2.28. The van der Waals surface area contributed by atoms with Crippen LogP contribution in [0.2, 0.25) is 0 Å². The van der Waals surface area contributed by atoms with Crippen LogP contribution in [0.1, 0.15) is 22.3 Å². The van der Waals surface area contributed by atoms with E-state index in [2.05, 4.69) is 10.0 Å². The fraction of sp³-hybridized carbons (Fsp3) is 0.296. The number of amides is 1. The van der Waals surface area contributed by atoms with Crippen molar-refractivity contribution < 1.29 is 21.6 Å². The Labute approximate surface area is 219 Å². The number of aryl methyl sites for hydroxylation is 3. The van der Waals surface area contributed by atoms with Gasteiger partial charge in [-0.1, -0.05) is 60.2 Å². The van der Waals surface area contributed by atoms with Crippen molar-refractivity contribution in [1.29, 1.82) is 0 Å². The van der Waals surface area contributed by atoms with Crippen LogP contribution in [0.3, 0.4) is 0 Å². The molecule has 0 bridgehead atoms. The van der Waals surface area contributed by atoms with Gasteiger partial charge in [0.15, 0.2) is 0 Å². The van der Waals surface area contributed by atoms with Gasteiger partial charge in [-0.05, 0) is 62.1 Å². The van der Waals surface area contributed by atoms with Gasteiger partial charge in [-0.25, -0.2) is 21.6 Å². The van der Waals surface area contributed by atoms with Crippen LogP contribution in [0, 0.1) is 20.8 Å². The fourth-order valence-corrected chi connectivity index (χ4v) is 6.45. The molecule has 0 aliphatic carbocycles. The summed E-state index contributed by atoms with van der Waals surface area (Å²) in [6, 6.07) is 21.1. The fourth-order valence-electron chi connectivity index (χ4n) is 3.71. The van der Waals surface area contributed by atoms with Gasteiger partial charge in [0.25, 0.3) is 0 Å². The molecule has 0 saturated carbocycles. The Bertz CT molecular complexity index is 1420. The second kappa shape index (κ2) is 12.5. The van der Waals surface area contributed by atoms with E-state index < -0.39 is 26.0 Å². The maximum absolute atomic E-state index is 13.6. The molecule has 0 aromatic heterocycles. The third-order valence-electron chi connectivity index (χ3n) is 5.84. The molecule has 37 heavy (non-hydrogen) atoms. The number of rotatable bonds is 12. The van der Waals surface area contributed by atoms with E-state index in [1.165, 1.54) is 16.4 Å². The third kappa shape index (κ3) is 7.96. The molecular weight excluding hydrogens is 510 g/mol. The summed E-state index contributed by atoms with van der Waals surface area (Å²) in [5.74, 6) is -0.517. The van der Waals surface area contributed by atoms with Crippen LogP contribution in [-0.4, -0.2) is 53.2 Å². The number of carbonyl (C=O) groups is 1. The van der Waals surface area contributed by atoms with E-state index in [4.69, 9.17) is 0 Å². The Morgan fingerprint density at radius 1 is 0.811 bits per heavy atom. The number of hydrogen-bond donors (Lipinski definition) is 2. The minimum absolute atomic E-state index is 0.0139. The first-order valence-corrected chi connectivity index (χ1v) is 14.9. The van der Waals surface area contributed by atoms with Crippen molar-refractivity contribution in [3.8, 4) is 0 Å². The molecule has 0 radical (unpaired) electrons. The summed E-state index contributed by atoms with van der Waals surface area (Å²) in [6.07, 6.45) is 0.439. The lowest BCUT2D eigenvalue weighted by atomic mass is 10.1. The molecule has 10 heteroatoms. The van der Waals surface area contributed by atoms with Crippen LogP contribution in [-0.2, 0) is 31.3 Å². The number of sulfonamides is 2. The van der Waals surface area contributed by atoms with E-state index in [-0.39, 0.29) is 36.0 Å². The Balaban J connectivity index is 1.66. The van der Waals surface area contributed by atoms with Gasteiger partial charge in [0.1, 0.15) is 0 Å². The van der Waals surface area contributed by atoms with Gasteiger partial charge in [0, 0.05) is 19.6 Å². The molecule has 198 valence electrons. The molecule has 0 aliphatic heterocycles. The van der Waals surface area contributed by atoms with Crippen LogP contribution in [0.25, 0.3) is 0 Å². The summed E-state index contributed by atoms with van der Waals surface area (Å²) < 4.78 is 55.6. The quantitative estimate of drug-likeness (QED) is 0.341. The summed E-state index contributed by atoms with van der Waals surface area (Å²) in [6.45, 7) is 5.12. The second-order valence-electron chi connectivity index (χ2n) is 8.90. The maximum atomic E-state index is 13.6. The van der Waals surface area contributed by atoms with E-state index in [1.54, 1.807) is 31.2 Å². The zero-order valence-electron chi connectivity index (χ0n) is 21.3. The molecule has 3 aromatic rings. The predicted molar refractivity (Wildman–Crippen MR) is 144 cm³/mol. The molecule has 3 aromatic carbocycles. The standard InChI is InChI=1S/C27H33N3O5S2/c1-21-10-13-25(14-11-21)36(32,33)29-17-16-28-27(31)20-30(18-15-24-7-5-4-6-8-24)37(34,35)26-19-22(2)9-12-23(26)3/h4-14,19,29H,15-18,20H2,1-3H3,(H,28,31). The molecule has 1 amide bonds. The monoisotopic (exact) mass is 543 g/mol. The minimum atomic E-state index is -3.95. The topological polar surface area (TPSA) is 113 Å². The molecule has 0 fully saturated rings. The van der Waals surface area contributed by atoms with E-state index in [0.717, 1.165) is 16.7 Å². The van der Waals surface area contributed by atoms with Crippen LogP contribution >= 0.6 is 0 Å². The van der Waals surface area contributed by atoms with E-state index in [0.29, 0.717) is 12.0 Å². The molecular formula is C27H33N3O5S2. The van der Waals surface area contributed by atoms with Gasteiger partial charge in [0.2, 0.25) is 26.0 Å². The zero-order valence-corrected chi connectivity index (χ0v) is 22.9. The first kappa shape index (κ1) is 28.5. The smallest absolute Gasteiger partial charge is 0.243 e. The first-order chi connectivity index (χ1) is 17.5. The van der Waals surface area contributed by atoms with Crippen molar-refractivity contribution in [2.24, 2.45) is 0 Å². The summed E-state index contributed by atoms with van der Waals surface area (Å²) >= 11 is 0. The summed E-state index contributed by atoms with van der Waals surface area (Å²) in [7, 11) is -7.66. The molecule has 0 spiro atoms. The van der Waals surface area contributed by atoms with Crippen molar-refractivity contribution in [2.45, 2.75) is 37.0 Å². The number of benzene rings is 3. The highest BCUT2D eigenvalue weighted by Crippen LogP contribution is 2.22. The summed E-state index contributed by atoms with van der Waals surface area (Å²) in [5.41, 5.74) is 3.30. The average Bonchev–Trinajstić information content (AvgIpc) is 2.86. The minimum Gasteiger partial charge on any atom is -0.354 e. The lowest BCUT2D eigenvalue weighted by molar-refractivity contribution is -0.121. The van der Waals surface area contributed by atoms with Gasteiger partial charge < -0.3 is 5.32 Å². The van der Waals surface area contributed by atoms with Crippen molar-refractivity contribution in [3.63, 3.8) is 0 Å². The number of nitrogens with zero attached hydrogens (tertiary/aromatic N) is 1. The molecule has 0 atom stereocenters. The van der Waals surface area contributed by atoms with Gasteiger partial charge >= 0.3 is 0 Å². The zero-order chi connectivity index (χ0) is 27.1. The lowest BCUT2D eigenvalue weighted by Gasteiger charge is -2.23. The third-order valence-corrected chi connectivity index (χ3v) is 9.31. The lowest BCUT2D eigenvalue weighted by Crippen LogP contribution is -2.43. The van der Waals surface area contributed by atoms with Crippen LogP contribution < -0.4 is 10.0 Å². The van der Waals surface area contributed by atoms with Crippen LogP contribution in [0.15, 0.2) is 82.6 Å². The highest BCUT2D eigenvalue weighted by molar-refractivity contribution is 7.89. The SMILES string of the molecule is Cc1ccc(S(=O)(=O)NCCNC(=O)CN(CCc2ccccc2)S(=O)(=O)c2cc(C)ccc2C)cc1. The molecule has 3 rings (SSSR count). The molecule has 0 heterocycles. The Morgan fingerprint density at radius 3 is 2.14 bits per heavy atom. The van der Waals surface area contributed by atoms with Crippen molar-refractivity contribution in [3.05, 3.63) is 95.1 Å². The van der Waals surface area contributed by atoms with Gasteiger partial charge in [-0.2, -0.15) is 4.31 Å². The largest absolute Gasteiger partial charge is 0.354 e. The van der Waals surface area contributed by atoms with E-state index in [9.17, 15) is 21.6 Å². The Hall–Kier alpha value is -3.05. The van der Waals surface area contributed by atoms with Crippen molar-refractivity contribution >= 4 is 26.0 Å². The first-order valence-electron chi connectivity index (χ1n) is 11.9. The normalized spacial score (nSPS) is 12.0.